The lowest BCUT2D eigenvalue weighted by atomic mass is 10.3. The van der Waals surface area contributed by atoms with E-state index in [1.165, 1.54) is 13.2 Å². The van der Waals surface area contributed by atoms with Gasteiger partial charge in [-0.05, 0) is 6.07 Å². The minimum Gasteiger partial charge on any atom is -0.481 e. The molecule has 90 valence electrons. The maximum Gasteiger partial charge on any atom is 0.265 e. The lowest BCUT2D eigenvalue weighted by molar-refractivity contribution is 0.00381. The van der Waals surface area contributed by atoms with Crippen molar-refractivity contribution in [1.82, 2.24) is 4.98 Å². The normalized spacial score (nSPS) is 12.6. The molecule has 1 unspecified atom stereocenters. The summed E-state index contributed by atoms with van der Waals surface area (Å²) in [6, 6.07) is 3.08. The van der Waals surface area contributed by atoms with Crippen LogP contribution in [0.1, 0.15) is 0 Å². The first kappa shape index (κ1) is 12.4. The van der Waals surface area contributed by atoms with Crippen molar-refractivity contribution in [3.63, 3.8) is 0 Å². The maximum absolute atomic E-state index is 12.0. The Morgan fingerprint density at radius 3 is 2.81 bits per heavy atom. The number of alkyl halides is 2. The largest absolute Gasteiger partial charge is 0.481 e. The van der Waals surface area contributed by atoms with Crippen LogP contribution in [-0.2, 0) is 0 Å². The van der Waals surface area contributed by atoms with E-state index in [1.807, 2.05) is 0 Å². The van der Waals surface area contributed by atoms with Crippen molar-refractivity contribution in [3.05, 3.63) is 12.1 Å². The van der Waals surface area contributed by atoms with Gasteiger partial charge >= 0.3 is 0 Å². The van der Waals surface area contributed by atoms with Gasteiger partial charge in [-0.2, -0.15) is 4.98 Å². The van der Waals surface area contributed by atoms with Crippen LogP contribution in [0.25, 0.3) is 0 Å². The van der Waals surface area contributed by atoms with Crippen molar-refractivity contribution in [1.29, 1.82) is 0 Å². The molecule has 0 aromatic carbocycles. The van der Waals surface area contributed by atoms with E-state index in [0.29, 0.717) is 11.6 Å². The number of halogens is 2. The van der Waals surface area contributed by atoms with Gasteiger partial charge in [-0.1, -0.05) is 0 Å². The molecular weight excluding hydrogens is 220 g/mol. The zero-order valence-corrected chi connectivity index (χ0v) is 8.65. The zero-order valence-electron chi connectivity index (χ0n) is 8.65. The summed E-state index contributed by atoms with van der Waals surface area (Å²) in [5.74, 6) is 0.516. The summed E-state index contributed by atoms with van der Waals surface area (Å²) < 4.78 is 28.9. The topological polar surface area (TPSA) is 80.4 Å². The summed E-state index contributed by atoms with van der Waals surface area (Å²) in [4.78, 5) is 3.91. The lowest BCUT2D eigenvalue weighted by Gasteiger charge is -2.13. The van der Waals surface area contributed by atoms with Gasteiger partial charge in [0, 0.05) is 12.6 Å². The van der Waals surface area contributed by atoms with E-state index >= 15 is 0 Å². The number of hydrogen-bond donors (Lipinski definition) is 3. The molecule has 1 aromatic heterocycles. The van der Waals surface area contributed by atoms with Crippen LogP contribution in [0.5, 0.6) is 5.88 Å². The lowest BCUT2D eigenvalue weighted by Crippen LogP contribution is -2.27. The number of aromatic nitrogens is 1. The molecule has 5 nitrogen and oxygen atoms in total. The van der Waals surface area contributed by atoms with Crippen LogP contribution in [0.15, 0.2) is 12.1 Å². The van der Waals surface area contributed by atoms with Crippen molar-refractivity contribution in [3.8, 4) is 5.88 Å². The number of rotatable bonds is 5. The molecule has 7 heteroatoms. The fraction of sp³-hybridized carbons (Fsp3) is 0.444. The van der Waals surface area contributed by atoms with Crippen LogP contribution < -0.4 is 15.8 Å². The van der Waals surface area contributed by atoms with Gasteiger partial charge in [0.25, 0.3) is 6.43 Å². The fourth-order valence-electron chi connectivity index (χ4n) is 0.998. The second kappa shape index (κ2) is 5.45. The predicted molar refractivity (Wildman–Crippen MR) is 55.7 cm³/mol. The number of hydrogen-bond acceptors (Lipinski definition) is 5. The van der Waals surface area contributed by atoms with Crippen LogP contribution >= 0.6 is 0 Å². The predicted octanol–water partition coefficient (Wildman–Crippen LogP) is 0.710. The number of pyridine rings is 1. The smallest absolute Gasteiger partial charge is 0.265 e. The first-order valence-corrected chi connectivity index (χ1v) is 4.55. The Balaban J connectivity index is 2.65. The number of nitrogens with one attached hydrogen (secondary N) is 1. The van der Waals surface area contributed by atoms with Gasteiger partial charge in [0.15, 0.2) is 5.82 Å². The Morgan fingerprint density at radius 1 is 1.56 bits per heavy atom. The maximum atomic E-state index is 12.0. The summed E-state index contributed by atoms with van der Waals surface area (Å²) in [7, 11) is 1.43. The Labute approximate surface area is 91.2 Å². The third-order valence-electron chi connectivity index (χ3n) is 1.88. The number of nitrogens with two attached hydrogens (primary N) is 1. The molecular formula is C9H13F2N3O2. The Bertz CT molecular complexity index is 350. The van der Waals surface area contributed by atoms with Gasteiger partial charge in [-0.25, -0.2) is 8.78 Å². The highest BCUT2D eigenvalue weighted by atomic mass is 19.3. The molecule has 0 spiro atoms. The van der Waals surface area contributed by atoms with Gasteiger partial charge in [-0.3, -0.25) is 0 Å². The summed E-state index contributed by atoms with van der Waals surface area (Å²) in [5, 5.41) is 11.4. The molecule has 16 heavy (non-hydrogen) atoms. The molecule has 0 aliphatic heterocycles. The zero-order chi connectivity index (χ0) is 12.1. The van der Waals surface area contributed by atoms with E-state index in [0.717, 1.165) is 0 Å². The van der Waals surface area contributed by atoms with Gasteiger partial charge in [0.2, 0.25) is 5.88 Å². The number of aliphatic hydroxyl groups excluding tert-OH is 1. The minimum atomic E-state index is -2.81. The van der Waals surface area contributed by atoms with Crippen LogP contribution in [0.2, 0.25) is 0 Å². The quantitative estimate of drug-likeness (QED) is 0.698. The van der Waals surface area contributed by atoms with Crippen LogP contribution in [0.4, 0.5) is 20.3 Å². The van der Waals surface area contributed by atoms with Crippen molar-refractivity contribution in [2.24, 2.45) is 0 Å². The molecule has 0 bridgehead atoms. The SMILES string of the molecule is COc1ccc(N)c(NCC(O)C(F)F)n1. The molecule has 1 aromatic rings. The van der Waals surface area contributed by atoms with E-state index in [2.05, 4.69) is 10.3 Å². The molecule has 1 atom stereocenters. The van der Waals surface area contributed by atoms with E-state index in [1.54, 1.807) is 6.07 Å². The number of ether oxygens (including phenoxy) is 1. The molecule has 0 fully saturated rings. The average Bonchev–Trinajstić information content (AvgIpc) is 2.27. The molecule has 0 aliphatic carbocycles. The third kappa shape index (κ3) is 3.20. The molecule has 1 heterocycles. The summed E-state index contributed by atoms with van der Waals surface area (Å²) in [6.07, 6.45) is -4.56. The van der Waals surface area contributed by atoms with E-state index < -0.39 is 12.5 Å². The molecule has 1 rings (SSSR count). The summed E-state index contributed by atoms with van der Waals surface area (Å²) in [5.41, 5.74) is 5.85. The van der Waals surface area contributed by atoms with Crippen molar-refractivity contribution >= 4 is 11.5 Å². The Kier molecular flexibility index (Phi) is 4.24. The van der Waals surface area contributed by atoms with Crippen LogP contribution in [-0.4, -0.2) is 36.3 Å². The number of nitrogens with zero attached hydrogens (tertiary/aromatic N) is 1. The highest BCUT2D eigenvalue weighted by Crippen LogP contribution is 2.19. The second-order valence-electron chi connectivity index (χ2n) is 3.07. The molecule has 0 saturated carbocycles. The van der Waals surface area contributed by atoms with E-state index in [9.17, 15) is 8.78 Å². The number of nitrogen functional groups attached to an aromatic ring is 1. The summed E-state index contributed by atoms with van der Waals surface area (Å²) >= 11 is 0. The molecule has 0 radical (unpaired) electrons. The third-order valence-corrected chi connectivity index (χ3v) is 1.88. The van der Waals surface area contributed by atoms with Crippen LogP contribution in [0, 0.1) is 0 Å². The highest BCUT2D eigenvalue weighted by molar-refractivity contribution is 5.61. The van der Waals surface area contributed by atoms with Gasteiger partial charge in [0.05, 0.1) is 12.8 Å². The van der Waals surface area contributed by atoms with Crippen LogP contribution in [0.3, 0.4) is 0 Å². The Hall–Kier alpha value is -1.63. The molecule has 4 N–H and O–H groups in total. The van der Waals surface area contributed by atoms with Gasteiger partial charge in [0.1, 0.15) is 6.10 Å². The van der Waals surface area contributed by atoms with E-state index in [4.69, 9.17) is 15.6 Å². The first-order chi connectivity index (χ1) is 7.54. The highest BCUT2D eigenvalue weighted by Gasteiger charge is 2.16. The standard InChI is InChI=1S/C9H13F2N3O2/c1-16-7-3-2-5(12)9(14-7)13-4-6(15)8(10)11/h2-3,6,8,15H,4,12H2,1H3,(H,13,14). The Morgan fingerprint density at radius 2 is 2.25 bits per heavy atom. The summed E-state index contributed by atoms with van der Waals surface area (Å²) in [6.45, 7) is -0.331. The van der Waals surface area contributed by atoms with Crippen molar-refractivity contribution in [2.45, 2.75) is 12.5 Å². The monoisotopic (exact) mass is 233 g/mol. The first-order valence-electron chi connectivity index (χ1n) is 4.55. The molecule has 0 amide bonds. The van der Waals surface area contributed by atoms with Gasteiger partial charge in [-0.15, -0.1) is 0 Å². The minimum absolute atomic E-state index is 0.207. The second-order valence-corrected chi connectivity index (χ2v) is 3.07. The number of methoxy groups -OCH3 is 1. The van der Waals surface area contributed by atoms with Crippen molar-refractivity contribution in [2.75, 3.05) is 24.7 Å². The van der Waals surface area contributed by atoms with Gasteiger partial charge < -0.3 is 20.9 Å². The molecule has 0 aliphatic rings. The van der Waals surface area contributed by atoms with E-state index in [-0.39, 0.29) is 12.4 Å². The number of anilines is 2. The van der Waals surface area contributed by atoms with Crippen molar-refractivity contribution < 1.29 is 18.6 Å². The average molecular weight is 233 g/mol. The molecule has 0 saturated heterocycles. The fourth-order valence-corrected chi connectivity index (χ4v) is 0.998. The number of aliphatic hydroxyl groups is 1.